The van der Waals surface area contributed by atoms with Gasteiger partial charge in [-0.1, -0.05) is 19.9 Å². The number of amides is 2. The third kappa shape index (κ3) is 6.33. The highest BCUT2D eigenvalue weighted by Gasteiger charge is 2.14. The van der Waals surface area contributed by atoms with Gasteiger partial charge in [-0.2, -0.15) is 0 Å². The molecule has 2 amide bonds. The molecule has 1 heterocycles. The van der Waals surface area contributed by atoms with Crippen molar-refractivity contribution in [1.29, 1.82) is 0 Å². The largest absolute Gasteiger partial charge is 0.494 e. The van der Waals surface area contributed by atoms with Crippen molar-refractivity contribution in [3.8, 4) is 5.75 Å². The first-order valence-corrected chi connectivity index (χ1v) is 9.11. The molecule has 1 aromatic carbocycles. The van der Waals surface area contributed by atoms with Crippen LogP contribution >= 0.6 is 11.3 Å². The maximum Gasteiger partial charge on any atom is 0.338 e. The Hall–Kier alpha value is -2.67. The van der Waals surface area contributed by atoms with Gasteiger partial charge in [-0.25, -0.2) is 4.79 Å². The van der Waals surface area contributed by atoms with Gasteiger partial charge in [0, 0.05) is 0 Å². The van der Waals surface area contributed by atoms with Crippen LogP contribution in [0, 0.1) is 5.92 Å². The lowest BCUT2D eigenvalue weighted by Crippen LogP contribution is -2.33. The minimum atomic E-state index is -0.676. The number of rotatable bonds is 8. The van der Waals surface area contributed by atoms with Gasteiger partial charge in [0.2, 0.25) is 0 Å². The molecular formula is C19H21NO5S. The van der Waals surface area contributed by atoms with E-state index in [9.17, 15) is 14.4 Å². The van der Waals surface area contributed by atoms with Gasteiger partial charge in [0.05, 0.1) is 17.0 Å². The second-order valence-corrected chi connectivity index (χ2v) is 6.93. The highest BCUT2D eigenvalue weighted by Crippen LogP contribution is 2.14. The number of carbonyl (C=O) groups excluding carboxylic acids is 3. The molecule has 0 bridgehead atoms. The molecule has 6 nitrogen and oxygen atoms in total. The minimum Gasteiger partial charge on any atom is -0.494 e. The predicted molar refractivity (Wildman–Crippen MR) is 98.5 cm³/mol. The van der Waals surface area contributed by atoms with Crippen molar-refractivity contribution in [3.63, 3.8) is 0 Å². The number of carbonyl (C=O) groups is 3. The smallest absolute Gasteiger partial charge is 0.338 e. The summed E-state index contributed by atoms with van der Waals surface area (Å²) in [7, 11) is 0. The lowest BCUT2D eigenvalue weighted by Gasteiger charge is -2.09. The summed E-state index contributed by atoms with van der Waals surface area (Å²) in [6.07, 6.45) is 0.948. The third-order valence-corrected chi connectivity index (χ3v) is 4.25. The monoisotopic (exact) mass is 375 g/mol. The lowest BCUT2D eigenvalue weighted by atomic mass is 10.1. The van der Waals surface area contributed by atoms with Crippen LogP contribution in [0.5, 0.6) is 5.75 Å². The average Bonchev–Trinajstić information content (AvgIpc) is 3.15. The van der Waals surface area contributed by atoms with Gasteiger partial charge in [-0.3, -0.25) is 14.9 Å². The average molecular weight is 375 g/mol. The molecule has 0 radical (unpaired) electrons. The standard InChI is InChI=1S/C19H21NO5S/c1-13(2)9-10-24-15-7-5-14(6-8-15)19(23)25-12-17(21)20-18(22)16-4-3-11-26-16/h3-8,11,13H,9-10,12H2,1-2H3,(H,20,21,22). The lowest BCUT2D eigenvalue weighted by molar-refractivity contribution is -0.123. The van der Waals surface area contributed by atoms with E-state index in [1.807, 2.05) is 0 Å². The highest BCUT2D eigenvalue weighted by molar-refractivity contribution is 7.12. The quantitative estimate of drug-likeness (QED) is 0.716. The molecule has 138 valence electrons. The maximum absolute atomic E-state index is 12.0. The Bertz CT molecular complexity index is 738. The van der Waals surface area contributed by atoms with Crippen molar-refractivity contribution >= 4 is 29.1 Å². The van der Waals surface area contributed by atoms with Crippen molar-refractivity contribution in [2.45, 2.75) is 20.3 Å². The maximum atomic E-state index is 12.0. The SMILES string of the molecule is CC(C)CCOc1ccc(C(=O)OCC(=O)NC(=O)c2cccs2)cc1. The molecule has 0 fully saturated rings. The molecule has 1 N–H and O–H groups in total. The Balaban J connectivity index is 1.76. The number of hydrogen-bond acceptors (Lipinski definition) is 6. The molecule has 0 aliphatic carbocycles. The zero-order chi connectivity index (χ0) is 18.9. The van der Waals surface area contributed by atoms with Crippen molar-refractivity contribution in [2.75, 3.05) is 13.2 Å². The topological polar surface area (TPSA) is 81.7 Å². The van der Waals surface area contributed by atoms with Crippen LogP contribution in [0.2, 0.25) is 0 Å². The highest BCUT2D eigenvalue weighted by atomic mass is 32.1. The van der Waals surface area contributed by atoms with Crippen LogP contribution in [0.15, 0.2) is 41.8 Å². The second kappa shape index (κ2) is 9.72. The summed E-state index contributed by atoms with van der Waals surface area (Å²) in [6.45, 7) is 4.32. The molecular weight excluding hydrogens is 354 g/mol. The molecule has 0 spiro atoms. The van der Waals surface area contributed by atoms with Gasteiger partial charge in [0.1, 0.15) is 5.75 Å². The Morgan fingerprint density at radius 2 is 1.85 bits per heavy atom. The summed E-state index contributed by atoms with van der Waals surface area (Å²) >= 11 is 1.22. The van der Waals surface area contributed by atoms with Crippen molar-refractivity contribution in [3.05, 3.63) is 52.2 Å². The van der Waals surface area contributed by atoms with E-state index in [-0.39, 0.29) is 0 Å². The number of thiophene rings is 1. The molecule has 0 atom stereocenters. The van der Waals surface area contributed by atoms with Crippen molar-refractivity contribution in [2.24, 2.45) is 5.92 Å². The van der Waals surface area contributed by atoms with Crippen LogP contribution < -0.4 is 10.1 Å². The van der Waals surface area contributed by atoms with E-state index in [1.54, 1.807) is 41.8 Å². The Labute approximate surface area is 156 Å². The van der Waals surface area contributed by atoms with Gasteiger partial charge in [0.25, 0.3) is 11.8 Å². The number of nitrogens with one attached hydrogen (secondary N) is 1. The van der Waals surface area contributed by atoms with E-state index in [0.29, 0.717) is 28.7 Å². The fourth-order valence-corrected chi connectivity index (χ4v) is 2.57. The van der Waals surface area contributed by atoms with Crippen LogP contribution in [0.3, 0.4) is 0 Å². The summed E-state index contributed by atoms with van der Waals surface area (Å²) in [4.78, 5) is 35.8. The summed E-state index contributed by atoms with van der Waals surface area (Å²) in [5, 5.41) is 3.90. The first-order valence-electron chi connectivity index (χ1n) is 8.23. The molecule has 2 rings (SSSR count). The fraction of sp³-hybridized carbons (Fsp3) is 0.316. The van der Waals surface area contributed by atoms with Crippen LogP contribution in [-0.2, 0) is 9.53 Å². The molecule has 0 saturated carbocycles. The number of ether oxygens (including phenoxy) is 2. The Kier molecular flexibility index (Phi) is 7.35. The predicted octanol–water partition coefficient (Wildman–Crippen LogP) is 3.29. The van der Waals surface area contributed by atoms with Gasteiger partial charge < -0.3 is 9.47 Å². The minimum absolute atomic E-state index is 0.304. The third-order valence-electron chi connectivity index (χ3n) is 3.39. The Morgan fingerprint density at radius 3 is 2.46 bits per heavy atom. The number of imide groups is 1. The molecule has 0 unspecified atom stereocenters. The Morgan fingerprint density at radius 1 is 1.12 bits per heavy atom. The summed E-state index contributed by atoms with van der Waals surface area (Å²) < 4.78 is 10.5. The zero-order valence-electron chi connectivity index (χ0n) is 14.7. The molecule has 0 saturated heterocycles. The first-order chi connectivity index (χ1) is 12.5. The van der Waals surface area contributed by atoms with Crippen LogP contribution in [-0.4, -0.2) is 31.0 Å². The fourth-order valence-electron chi connectivity index (χ4n) is 1.95. The molecule has 7 heteroatoms. The summed E-state index contributed by atoms with van der Waals surface area (Å²) in [5.41, 5.74) is 0.304. The molecule has 2 aromatic rings. The zero-order valence-corrected chi connectivity index (χ0v) is 15.5. The van der Waals surface area contributed by atoms with E-state index in [0.717, 1.165) is 6.42 Å². The van der Waals surface area contributed by atoms with Crippen molar-refractivity contribution in [1.82, 2.24) is 5.32 Å². The number of benzene rings is 1. The second-order valence-electron chi connectivity index (χ2n) is 5.99. The van der Waals surface area contributed by atoms with E-state index in [4.69, 9.17) is 9.47 Å². The van der Waals surface area contributed by atoms with E-state index < -0.39 is 24.4 Å². The number of hydrogen-bond donors (Lipinski definition) is 1. The molecule has 26 heavy (non-hydrogen) atoms. The van der Waals surface area contributed by atoms with Crippen LogP contribution in [0.1, 0.15) is 40.3 Å². The molecule has 1 aromatic heterocycles. The van der Waals surface area contributed by atoms with E-state index in [2.05, 4.69) is 19.2 Å². The summed E-state index contributed by atoms with van der Waals surface area (Å²) in [6, 6.07) is 9.81. The molecule has 0 aliphatic rings. The van der Waals surface area contributed by atoms with E-state index >= 15 is 0 Å². The number of esters is 1. The van der Waals surface area contributed by atoms with Gasteiger partial charge >= 0.3 is 5.97 Å². The van der Waals surface area contributed by atoms with Crippen LogP contribution in [0.25, 0.3) is 0 Å². The summed E-state index contributed by atoms with van der Waals surface area (Å²) in [5.74, 6) is -0.602. The van der Waals surface area contributed by atoms with Gasteiger partial charge in [-0.05, 0) is 48.1 Å². The van der Waals surface area contributed by atoms with Crippen molar-refractivity contribution < 1.29 is 23.9 Å². The molecule has 0 aliphatic heterocycles. The normalized spacial score (nSPS) is 10.4. The van der Waals surface area contributed by atoms with Crippen LogP contribution in [0.4, 0.5) is 0 Å². The first kappa shape index (κ1) is 19.7. The van der Waals surface area contributed by atoms with E-state index in [1.165, 1.54) is 11.3 Å². The van der Waals surface area contributed by atoms with Gasteiger partial charge in [-0.15, -0.1) is 11.3 Å². The van der Waals surface area contributed by atoms with Gasteiger partial charge in [0.15, 0.2) is 6.61 Å².